The topological polar surface area (TPSA) is 268 Å². The smallest absolute Gasteiger partial charge is 0.186 e. The Hall–Kier alpha value is -0.560. The SMILES string of the molecule is NCC1O[C@H](O[C@@H]2C(N)C[C@@H](N)C(O[C@@H]3OC(CO)[C@@H](O)C(N)C3O)C2O)C(N)C[C@@H]1O. The number of ether oxygens (including phenoxy) is 4. The molecule has 15 N–H and O–H groups in total. The maximum absolute atomic E-state index is 11.0. The second-order valence-electron chi connectivity index (χ2n) is 8.78. The Labute approximate surface area is 185 Å². The summed E-state index contributed by atoms with van der Waals surface area (Å²) in [5.74, 6) is 0. The van der Waals surface area contributed by atoms with Gasteiger partial charge < -0.3 is 73.1 Å². The van der Waals surface area contributed by atoms with Crippen molar-refractivity contribution >= 4 is 0 Å². The minimum atomic E-state index is -1.44. The number of aliphatic hydroxyl groups excluding tert-OH is 5. The van der Waals surface area contributed by atoms with E-state index in [4.69, 9.17) is 47.6 Å². The normalized spacial score (nSPS) is 52.7. The second-order valence-corrected chi connectivity index (χ2v) is 8.78. The molecule has 2 saturated heterocycles. The van der Waals surface area contributed by atoms with Crippen LogP contribution in [0, 0.1) is 0 Å². The minimum absolute atomic E-state index is 0.0542. The van der Waals surface area contributed by atoms with Gasteiger partial charge in [-0.05, 0) is 12.8 Å². The molecule has 0 bridgehead atoms. The summed E-state index contributed by atoms with van der Waals surface area (Å²) in [6.45, 7) is -0.499. The number of aliphatic hydroxyl groups is 5. The third kappa shape index (κ3) is 5.24. The lowest BCUT2D eigenvalue weighted by Gasteiger charge is -2.47. The third-order valence-corrected chi connectivity index (χ3v) is 6.41. The molecule has 3 fully saturated rings. The molecule has 14 atom stereocenters. The molecule has 0 aromatic rings. The molecule has 3 rings (SSSR count). The standard InChI is InChI=1S/C18H37N5O9/c19-3-9-8(25)2-7(22)17(29-9)31-15-5(20)1-6(21)16(14(15)28)32-18-13(27)11(23)12(26)10(4-24)30-18/h5-18,24-28H,1-4,19-23H2/t5?,6-,7?,8+,9?,10?,11?,12-,13?,14?,15-,16?,17-,18+/m1/s1. The number of hydrogen-bond acceptors (Lipinski definition) is 14. The first-order valence-corrected chi connectivity index (χ1v) is 10.8. The first kappa shape index (κ1) is 26.1. The summed E-state index contributed by atoms with van der Waals surface area (Å²) in [6, 6.07) is -3.27. The fourth-order valence-corrected chi connectivity index (χ4v) is 4.43. The van der Waals surface area contributed by atoms with E-state index in [1.165, 1.54) is 0 Å². The van der Waals surface area contributed by atoms with Gasteiger partial charge in [0.25, 0.3) is 0 Å². The molecule has 0 amide bonds. The molecule has 2 heterocycles. The lowest BCUT2D eigenvalue weighted by atomic mass is 9.84. The molecule has 14 heteroatoms. The Morgan fingerprint density at radius 1 is 0.719 bits per heavy atom. The second kappa shape index (κ2) is 10.8. The molecule has 2 aliphatic heterocycles. The molecule has 1 aliphatic carbocycles. The van der Waals surface area contributed by atoms with E-state index in [2.05, 4.69) is 0 Å². The van der Waals surface area contributed by atoms with Crippen molar-refractivity contribution in [2.24, 2.45) is 28.7 Å². The molecule has 32 heavy (non-hydrogen) atoms. The van der Waals surface area contributed by atoms with Crippen LogP contribution < -0.4 is 28.7 Å². The maximum atomic E-state index is 11.0. The van der Waals surface area contributed by atoms with Gasteiger partial charge in [-0.25, -0.2) is 0 Å². The van der Waals surface area contributed by atoms with Crippen LogP contribution in [0.15, 0.2) is 0 Å². The molecular weight excluding hydrogens is 430 g/mol. The van der Waals surface area contributed by atoms with Gasteiger partial charge in [0.15, 0.2) is 12.6 Å². The summed E-state index contributed by atoms with van der Waals surface area (Å²) >= 11 is 0. The first-order valence-electron chi connectivity index (χ1n) is 10.8. The van der Waals surface area contributed by atoms with Gasteiger partial charge in [-0.2, -0.15) is 0 Å². The molecule has 1 saturated carbocycles. The summed E-state index contributed by atoms with van der Waals surface area (Å²) in [5, 5.41) is 50.7. The summed E-state index contributed by atoms with van der Waals surface area (Å²) in [4.78, 5) is 0. The van der Waals surface area contributed by atoms with Crippen LogP contribution in [0.2, 0.25) is 0 Å². The van der Waals surface area contributed by atoms with Crippen molar-refractivity contribution in [2.75, 3.05) is 13.2 Å². The lowest BCUT2D eigenvalue weighted by Crippen LogP contribution is -2.68. The highest BCUT2D eigenvalue weighted by atomic mass is 16.7. The molecule has 0 spiro atoms. The molecule has 0 aromatic heterocycles. The maximum Gasteiger partial charge on any atom is 0.186 e. The van der Waals surface area contributed by atoms with Crippen molar-refractivity contribution in [3.8, 4) is 0 Å². The monoisotopic (exact) mass is 467 g/mol. The molecule has 3 aliphatic rings. The fraction of sp³-hybridized carbons (Fsp3) is 1.00. The largest absolute Gasteiger partial charge is 0.394 e. The van der Waals surface area contributed by atoms with Crippen molar-refractivity contribution in [3.63, 3.8) is 0 Å². The van der Waals surface area contributed by atoms with Crippen LogP contribution in [-0.2, 0) is 18.9 Å². The van der Waals surface area contributed by atoms with Gasteiger partial charge in [-0.15, -0.1) is 0 Å². The Morgan fingerprint density at radius 3 is 1.84 bits per heavy atom. The van der Waals surface area contributed by atoms with Crippen molar-refractivity contribution in [2.45, 2.75) is 98.4 Å². The van der Waals surface area contributed by atoms with Gasteiger partial charge in [0.2, 0.25) is 0 Å². The average molecular weight is 468 g/mol. The molecule has 0 radical (unpaired) electrons. The molecular formula is C18H37N5O9. The Balaban J connectivity index is 1.70. The van der Waals surface area contributed by atoms with Gasteiger partial charge in [-0.3, -0.25) is 0 Å². The van der Waals surface area contributed by atoms with Crippen LogP contribution in [0.4, 0.5) is 0 Å². The molecule has 188 valence electrons. The van der Waals surface area contributed by atoms with Crippen LogP contribution in [0.25, 0.3) is 0 Å². The van der Waals surface area contributed by atoms with Crippen molar-refractivity contribution in [1.29, 1.82) is 0 Å². The zero-order chi connectivity index (χ0) is 23.7. The quantitative estimate of drug-likeness (QED) is 0.174. The highest BCUT2D eigenvalue weighted by molar-refractivity contribution is 5.01. The van der Waals surface area contributed by atoms with Gasteiger partial charge >= 0.3 is 0 Å². The fourth-order valence-electron chi connectivity index (χ4n) is 4.43. The first-order chi connectivity index (χ1) is 15.1. The highest BCUT2D eigenvalue weighted by Crippen LogP contribution is 2.30. The number of nitrogens with two attached hydrogens (primary N) is 5. The van der Waals surface area contributed by atoms with Gasteiger partial charge in [0, 0.05) is 18.6 Å². The van der Waals surface area contributed by atoms with E-state index < -0.39 is 92.2 Å². The van der Waals surface area contributed by atoms with E-state index in [1.54, 1.807) is 0 Å². The van der Waals surface area contributed by atoms with E-state index in [-0.39, 0.29) is 19.4 Å². The van der Waals surface area contributed by atoms with Crippen molar-refractivity contribution in [3.05, 3.63) is 0 Å². The molecule has 0 aromatic carbocycles. The number of hydrogen-bond donors (Lipinski definition) is 10. The summed E-state index contributed by atoms with van der Waals surface area (Å²) < 4.78 is 22.7. The third-order valence-electron chi connectivity index (χ3n) is 6.41. The van der Waals surface area contributed by atoms with E-state index in [1.807, 2.05) is 0 Å². The molecule has 8 unspecified atom stereocenters. The van der Waals surface area contributed by atoms with Crippen LogP contribution in [0.1, 0.15) is 12.8 Å². The molecule has 14 nitrogen and oxygen atoms in total. The average Bonchev–Trinajstić information content (AvgIpc) is 2.75. The zero-order valence-electron chi connectivity index (χ0n) is 17.7. The van der Waals surface area contributed by atoms with E-state index in [0.29, 0.717) is 0 Å². The lowest BCUT2D eigenvalue weighted by molar-refractivity contribution is -0.314. The van der Waals surface area contributed by atoms with Crippen LogP contribution >= 0.6 is 0 Å². The Kier molecular flexibility index (Phi) is 8.79. The highest BCUT2D eigenvalue weighted by Gasteiger charge is 2.50. The van der Waals surface area contributed by atoms with Crippen LogP contribution in [-0.4, -0.2) is 124 Å². The summed E-state index contributed by atoms with van der Waals surface area (Å²) in [6.07, 6.45) is -10.8. The van der Waals surface area contributed by atoms with Gasteiger partial charge in [0.05, 0.1) is 30.9 Å². The van der Waals surface area contributed by atoms with Crippen LogP contribution in [0.5, 0.6) is 0 Å². The Morgan fingerprint density at radius 2 is 1.28 bits per heavy atom. The summed E-state index contributed by atoms with van der Waals surface area (Å²) in [5.41, 5.74) is 29.8. The van der Waals surface area contributed by atoms with Crippen molar-refractivity contribution < 1.29 is 44.5 Å². The van der Waals surface area contributed by atoms with E-state index in [0.717, 1.165) is 0 Å². The predicted octanol–water partition coefficient (Wildman–Crippen LogP) is -6.30. The van der Waals surface area contributed by atoms with E-state index in [9.17, 15) is 25.5 Å². The zero-order valence-corrected chi connectivity index (χ0v) is 17.7. The summed E-state index contributed by atoms with van der Waals surface area (Å²) in [7, 11) is 0. The van der Waals surface area contributed by atoms with Crippen LogP contribution in [0.3, 0.4) is 0 Å². The van der Waals surface area contributed by atoms with Gasteiger partial charge in [0.1, 0.15) is 36.6 Å². The van der Waals surface area contributed by atoms with E-state index >= 15 is 0 Å². The van der Waals surface area contributed by atoms with Gasteiger partial charge in [-0.1, -0.05) is 0 Å². The minimum Gasteiger partial charge on any atom is -0.394 e. The van der Waals surface area contributed by atoms with Crippen molar-refractivity contribution in [1.82, 2.24) is 0 Å². The Bertz CT molecular complexity index is 607. The number of rotatable bonds is 6. The predicted molar refractivity (Wildman–Crippen MR) is 108 cm³/mol.